The monoisotopic (exact) mass is 263 g/mol. The molecule has 3 heteroatoms. The zero-order valence-corrected chi connectivity index (χ0v) is 12.5. The summed E-state index contributed by atoms with van der Waals surface area (Å²) in [5.41, 5.74) is 7.89. The largest absolute Gasteiger partial charge is 0.497 e. The summed E-state index contributed by atoms with van der Waals surface area (Å²) >= 11 is 0. The molecule has 0 saturated heterocycles. The first kappa shape index (κ1) is 14.2. The van der Waals surface area contributed by atoms with Crippen molar-refractivity contribution in [1.82, 2.24) is 0 Å². The Kier molecular flexibility index (Phi) is 3.77. The van der Waals surface area contributed by atoms with Crippen molar-refractivity contribution in [2.75, 3.05) is 14.2 Å². The maximum atomic E-state index is 6.65. The minimum atomic E-state index is -0.271. The van der Waals surface area contributed by atoms with Gasteiger partial charge in [0.1, 0.15) is 11.5 Å². The van der Waals surface area contributed by atoms with Crippen LogP contribution in [0.2, 0.25) is 0 Å². The van der Waals surface area contributed by atoms with Crippen LogP contribution >= 0.6 is 0 Å². The van der Waals surface area contributed by atoms with E-state index in [0.717, 1.165) is 42.7 Å². The fourth-order valence-corrected chi connectivity index (χ4v) is 2.85. The molecule has 0 aliphatic heterocycles. The maximum Gasteiger partial charge on any atom is 0.127 e. The van der Waals surface area contributed by atoms with E-state index < -0.39 is 0 Å². The van der Waals surface area contributed by atoms with E-state index in [1.54, 1.807) is 14.2 Å². The standard InChI is InChI=1S/C16H25NO2/c1-15(2)7-9-16(17,10-8-15)13-6-5-12(18-3)11-14(13)19-4/h5-6,11H,7-10,17H2,1-4H3. The molecule has 1 aromatic rings. The fraction of sp³-hybridized carbons (Fsp3) is 0.625. The number of nitrogens with two attached hydrogens (primary N) is 1. The van der Waals surface area contributed by atoms with Crippen LogP contribution in [-0.2, 0) is 5.54 Å². The molecule has 0 amide bonds. The van der Waals surface area contributed by atoms with Gasteiger partial charge < -0.3 is 15.2 Å². The third kappa shape index (κ3) is 2.86. The van der Waals surface area contributed by atoms with Crippen molar-refractivity contribution >= 4 is 0 Å². The van der Waals surface area contributed by atoms with Crippen LogP contribution in [0, 0.1) is 5.41 Å². The Labute approximate surface area is 116 Å². The van der Waals surface area contributed by atoms with Gasteiger partial charge in [-0.05, 0) is 43.2 Å². The van der Waals surface area contributed by atoms with Gasteiger partial charge in [-0.15, -0.1) is 0 Å². The number of ether oxygens (including phenoxy) is 2. The third-order valence-corrected chi connectivity index (χ3v) is 4.44. The molecule has 3 nitrogen and oxygen atoms in total. The topological polar surface area (TPSA) is 44.5 Å². The minimum Gasteiger partial charge on any atom is -0.497 e. The Hall–Kier alpha value is -1.22. The van der Waals surface area contributed by atoms with Gasteiger partial charge in [0, 0.05) is 17.2 Å². The van der Waals surface area contributed by atoms with Crippen molar-refractivity contribution in [3.8, 4) is 11.5 Å². The van der Waals surface area contributed by atoms with Gasteiger partial charge in [-0.2, -0.15) is 0 Å². The van der Waals surface area contributed by atoms with Gasteiger partial charge in [0.2, 0.25) is 0 Å². The molecular formula is C16H25NO2. The molecule has 106 valence electrons. The molecule has 2 N–H and O–H groups in total. The first-order chi connectivity index (χ1) is 8.90. The van der Waals surface area contributed by atoms with E-state index >= 15 is 0 Å². The number of benzene rings is 1. The van der Waals surface area contributed by atoms with Crippen LogP contribution in [-0.4, -0.2) is 14.2 Å². The molecule has 1 aromatic carbocycles. The molecule has 1 aliphatic carbocycles. The van der Waals surface area contributed by atoms with E-state index in [1.807, 2.05) is 12.1 Å². The zero-order valence-electron chi connectivity index (χ0n) is 12.5. The van der Waals surface area contributed by atoms with Crippen molar-refractivity contribution < 1.29 is 9.47 Å². The highest BCUT2D eigenvalue weighted by Crippen LogP contribution is 2.46. The van der Waals surface area contributed by atoms with Gasteiger partial charge in [0.25, 0.3) is 0 Å². The van der Waals surface area contributed by atoms with Gasteiger partial charge in [-0.1, -0.05) is 13.8 Å². The summed E-state index contributed by atoms with van der Waals surface area (Å²) < 4.78 is 10.7. The molecule has 0 heterocycles. The molecule has 1 fully saturated rings. The predicted octanol–water partition coefficient (Wildman–Crippen LogP) is 3.46. The maximum absolute atomic E-state index is 6.65. The number of rotatable bonds is 3. The second-order valence-electron chi connectivity index (χ2n) is 6.39. The highest BCUT2D eigenvalue weighted by atomic mass is 16.5. The molecule has 19 heavy (non-hydrogen) atoms. The fourth-order valence-electron chi connectivity index (χ4n) is 2.85. The Balaban J connectivity index is 2.31. The normalized spacial score (nSPS) is 20.9. The smallest absolute Gasteiger partial charge is 0.127 e. The van der Waals surface area contributed by atoms with E-state index in [0.29, 0.717) is 5.41 Å². The minimum absolute atomic E-state index is 0.271. The van der Waals surface area contributed by atoms with Gasteiger partial charge in [0.15, 0.2) is 0 Å². The van der Waals surface area contributed by atoms with Crippen molar-refractivity contribution in [2.24, 2.45) is 11.1 Å². The summed E-state index contributed by atoms with van der Waals surface area (Å²) in [6.07, 6.45) is 4.31. The quantitative estimate of drug-likeness (QED) is 0.908. The van der Waals surface area contributed by atoms with Crippen LogP contribution < -0.4 is 15.2 Å². The average molecular weight is 263 g/mol. The van der Waals surface area contributed by atoms with Gasteiger partial charge >= 0.3 is 0 Å². The third-order valence-electron chi connectivity index (χ3n) is 4.44. The zero-order chi connectivity index (χ0) is 14.1. The lowest BCUT2D eigenvalue weighted by molar-refractivity contribution is 0.162. The van der Waals surface area contributed by atoms with Gasteiger partial charge in [-0.3, -0.25) is 0 Å². The first-order valence-corrected chi connectivity index (χ1v) is 6.92. The van der Waals surface area contributed by atoms with Crippen molar-refractivity contribution in [3.05, 3.63) is 23.8 Å². The molecule has 0 atom stereocenters. The van der Waals surface area contributed by atoms with Crippen LogP contribution in [0.4, 0.5) is 0 Å². The first-order valence-electron chi connectivity index (χ1n) is 6.92. The van der Waals surface area contributed by atoms with Crippen LogP contribution in [0.15, 0.2) is 18.2 Å². The van der Waals surface area contributed by atoms with E-state index in [1.165, 1.54) is 0 Å². The predicted molar refractivity (Wildman–Crippen MR) is 77.7 cm³/mol. The summed E-state index contributed by atoms with van der Waals surface area (Å²) in [7, 11) is 3.35. The molecule has 1 aliphatic rings. The Morgan fingerprint density at radius 1 is 1.00 bits per heavy atom. The Morgan fingerprint density at radius 3 is 2.16 bits per heavy atom. The molecule has 1 saturated carbocycles. The van der Waals surface area contributed by atoms with E-state index in [2.05, 4.69) is 19.9 Å². The highest BCUT2D eigenvalue weighted by molar-refractivity contribution is 5.44. The molecule has 0 spiro atoms. The Morgan fingerprint density at radius 2 is 1.63 bits per heavy atom. The second-order valence-corrected chi connectivity index (χ2v) is 6.39. The Bertz CT molecular complexity index is 444. The van der Waals surface area contributed by atoms with Crippen LogP contribution in [0.5, 0.6) is 11.5 Å². The lowest BCUT2D eigenvalue weighted by Gasteiger charge is -2.42. The van der Waals surface area contributed by atoms with Gasteiger partial charge in [-0.25, -0.2) is 0 Å². The lowest BCUT2D eigenvalue weighted by atomic mass is 9.67. The summed E-state index contributed by atoms with van der Waals surface area (Å²) in [6, 6.07) is 5.94. The summed E-state index contributed by atoms with van der Waals surface area (Å²) in [4.78, 5) is 0. The highest BCUT2D eigenvalue weighted by Gasteiger charge is 2.38. The van der Waals surface area contributed by atoms with E-state index in [-0.39, 0.29) is 5.54 Å². The number of methoxy groups -OCH3 is 2. The molecular weight excluding hydrogens is 238 g/mol. The van der Waals surface area contributed by atoms with E-state index in [9.17, 15) is 0 Å². The summed E-state index contributed by atoms with van der Waals surface area (Å²) in [6.45, 7) is 4.63. The lowest BCUT2D eigenvalue weighted by Crippen LogP contribution is -2.42. The van der Waals surface area contributed by atoms with Crippen LogP contribution in [0.25, 0.3) is 0 Å². The summed E-state index contributed by atoms with van der Waals surface area (Å²) in [5.74, 6) is 1.64. The van der Waals surface area contributed by atoms with Crippen LogP contribution in [0.1, 0.15) is 45.1 Å². The van der Waals surface area contributed by atoms with Gasteiger partial charge in [0.05, 0.1) is 14.2 Å². The molecule has 2 rings (SSSR count). The average Bonchev–Trinajstić information content (AvgIpc) is 2.41. The summed E-state index contributed by atoms with van der Waals surface area (Å²) in [5, 5.41) is 0. The van der Waals surface area contributed by atoms with Crippen molar-refractivity contribution in [2.45, 2.75) is 45.1 Å². The van der Waals surface area contributed by atoms with Crippen molar-refractivity contribution in [1.29, 1.82) is 0 Å². The molecule has 0 radical (unpaired) electrons. The van der Waals surface area contributed by atoms with Crippen molar-refractivity contribution in [3.63, 3.8) is 0 Å². The number of hydrogen-bond donors (Lipinski definition) is 1. The molecule has 0 unspecified atom stereocenters. The molecule has 0 aromatic heterocycles. The second kappa shape index (κ2) is 5.04. The molecule has 0 bridgehead atoms. The van der Waals surface area contributed by atoms with E-state index in [4.69, 9.17) is 15.2 Å². The SMILES string of the molecule is COc1ccc(C2(N)CCC(C)(C)CC2)c(OC)c1. The van der Waals surface area contributed by atoms with Crippen LogP contribution in [0.3, 0.4) is 0 Å². The number of hydrogen-bond acceptors (Lipinski definition) is 3.